The highest BCUT2D eigenvalue weighted by molar-refractivity contribution is 5.89. The number of nitrogens with one attached hydrogen (secondary N) is 1. The molecular formula is C24H34N6O2. The van der Waals surface area contributed by atoms with Crippen LogP contribution >= 0.6 is 0 Å². The van der Waals surface area contributed by atoms with Gasteiger partial charge in [-0.3, -0.25) is 9.80 Å². The van der Waals surface area contributed by atoms with E-state index in [-0.39, 0.29) is 24.1 Å². The summed E-state index contributed by atoms with van der Waals surface area (Å²) in [7, 11) is 2.18. The minimum absolute atomic E-state index is 0.0180. The van der Waals surface area contributed by atoms with Crippen molar-refractivity contribution in [1.82, 2.24) is 19.8 Å². The number of piperazine rings is 1. The van der Waals surface area contributed by atoms with Crippen molar-refractivity contribution in [1.29, 1.82) is 0 Å². The van der Waals surface area contributed by atoms with Crippen LogP contribution in [0.4, 0.5) is 16.6 Å². The van der Waals surface area contributed by atoms with Crippen LogP contribution in [0.2, 0.25) is 0 Å². The summed E-state index contributed by atoms with van der Waals surface area (Å²) in [6.45, 7) is 12.1. The fourth-order valence-corrected chi connectivity index (χ4v) is 4.20. The number of anilines is 2. The lowest BCUT2D eigenvalue weighted by atomic mass is 10.0. The number of likely N-dealkylation sites (N-methyl/N-ethyl adjacent to an activating group) is 1. The summed E-state index contributed by atoms with van der Waals surface area (Å²) in [5.74, 6) is 1.34. The molecule has 2 aromatic rings. The maximum atomic E-state index is 12.3. The summed E-state index contributed by atoms with van der Waals surface area (Å²) in [4.78, 5) is 27.7. The summed E-state index contributed by atoms with van der Waals surface area (Å²) < 4.78 is 5.26. The summed E-state index contributed by atoms with van der Waals surface area (Å²) in [5.41, 5.74) is 2.50. The van der Waals surface area contributed by atoms with Crippen molar-refractivity contribution < 1.29 is 9.53 Å². The van der Waals surface area contributed by atoms with E-state index in [4.69, 9.17) is 4.74 Å². The first-order valence-electron chi connectivity index (χ1n) is 11.5. The van der Waals surface area contributed by atoms with Crippen LogP contribution in [0.1, 0.15) is 37.9 Å². The van der Waals surface area contributed by atoms with Gasteiger partial charge in [-0.15, -0.1) is 0 Å². The molecule has 1 amide bonds. The zero-order chi connectivity index (χ0) is 22.7. The fourth-order valence-electron chi connectivity index (χ4n) is 4.20. The van der Waals surface area contributed by atoms with Gasteiger partial charge in [0.05, 0.1) is 12.1 Å². The Morgan fingerprint density at radius 3 is 2.50 bits per heavy atom. The lowest BCUT2D eigenvalue weighted by molar-refractivity contribution is 0.148. The molecule has 0 spiro atoms. The molecule has 172 valence electrons. The minimum atomic E-state index is -0.350. The van der Waals surface area contributed by atoms with E-state index in [1.807, 2.05) is 0 Å². The lowest BCUT2D eigenvalue weighted by Crippen LogP contribution is -2.43. The highest BCUT2D eigenvalue weighted by atomic mass is 16.6. The molecule has 0 bridgehead atoms. The first-order chi connectivity index (χ1) is 15.4. The number of ether oxygens (including phenoxy) is 1. The molecule has 8 heteroatoms. The van der Waals surface area contributed by atoms with Crippen molar-refractivity contribution in [3.05, 3.63) is 47.7 Å². The molecule has 0 radical (unpaired) electrons. The van der Waals surface area contributed by atoms with Gasteiger partial charge in [0.1, 0.15) is 12.4 Å². The molecule has 1 aromatic carbocycles. The molecule has 4 rings (SSSR count). The predicted octanol–water partition coefficient (Wildman–Crippen LogP) is 3.38. The number of carbonyl (C=O) groups is 1. The molecule has 1 N–H and O–H groups in total. The van der Waals surface area contributed by atoms with Crippen LogP contribution in [0.25, 0.3) is 0 Å². The molecule has 32 heavy (non-hydrogen) atoms. The van der Waals surface area contributed by atoms with E-state index in [1.165, 1.54) is 11.1 Å². The Bertz CT molecular complexity index is 911. The molecule has 1 aromatic heterocycles. The van der Waals surface area contributed by atoms with Gasteiger partial charge in [-0.2, -0.15) is 4.98 Å². The van der Waals surface area contributed by atoms with Crippen LogP contribution in [0.15, 0.2) is 36.5 Å². The Hall–Kier alpha value is -2.71. The van der Waals surface area contributed by atoms with Gasteiger partial charge in [-0.05, 0) is 37.1 Å². The summed E-state index contributed by atoms with van der Waals surface area (Å²) in [6.07, 6.45) is 1.33. The highest BCUT2D eigenvalue weighted by Crippen LogP contribution is 2.26. The number of hydrogen-bond acceptors (Lipinski definition) is 7. The molecule has 0 unspecified atom stereocenters. The first-order valence-corrected chi connectivity index (χ1v) is 11.5. The largest absolute Gasteiger partial charge is 0.447 e. The van der Waals surface area contributed by atoms with Crippen LogP contribution in [0.3, 0.4) is 0 Å². The summed E-state index contributed by atoms with van der Waals surface area (Å²) in [5, 5.41) is 3.37. The van der Waals surface area contributed by atoms with Crippen LogP contribution in [-0.2, 0) is 11.3 Å². The van der Waals surface area contributed by atoms with E-state index in [1.54, 1.807) is 17.2 Å². The summed E-state index contributed by atoms with van der Waals surface area (Å²) in [6, 6.07) is 10.5. The van der Waals surface area contributed by atoms with Gasteiger partial charge < -0.3 is 15.0 Å². The third-order valence-electron chi connectivity index (χ3n) is 6.39. The molecule has 2 aliphatic heterocycles. The Morgan fingerprint density at radius 1 is 1.09 bits per heavy atom. The smallest absolute Gasteiger partial charge is 0.415 e. The fraction of sp³-hybridized carbons (Fsp3) is 0.542. The van der Waals surface area contributed by atoms with Crippen molar-refractivity contribution >= 4 is 17.9 Å². The summed E-state index contributed by atoms with van der Waals surface area (Å²) >= 11 is 0. The van der Waals surface area contributed by atoms with E-state index in [2.05, 4.69) is 77.2 Å². The third-order valence-corrected chi connectivity index (χ3v) is 6.39. The first kappa shape index (κ1) is 22.5. The number of amides is 1. The van der Waals surface area contributed by atoms with Crippen molar-refractivity contribution in [3.63, 3.8) is 0 Å². The molecule has 2 atom stereocenters. The van der Waals surface area contributed by atoms with Crippen LogP contribution in [-0.4, -0.2) is 71.7 Å². The monoisotopic (exact) mass is 438 g/mol. The molecule has 3 heterocycles. The van der Waals surface area contributed by atoms with Crippen LogP contribution < -0.4 is 10.2 Å². The highest BCUT2D eigenvalue weighted by Gasteiger charge is 2.37. The van der Waals surface area contributed by atoms with Crippen molar-refractivity contribution in [3.8, 4) is 0 Å². The van der Waals surface area contributed by atoms with Gasteiger partial charge in [-0.1, -0.05) is 38.1 Å². The molecule has 2 aliphatic rings. The topological polar surface area (TPSA) is 73.8 Å². The number of nitrogens with zero attached hydrogens (tertiary/aromatic N) is 5. The number of aromatic nitrogens is 2. The van der Waals surface area contributed by atoms with E-state index < -0.39 is 0 Å². The Kier molecular flexibility index (Phi) is 6.91. The number of cyclic esters (lactones) is 1. The predicted molar refractivity (Wildman–Crippen MR) is 126 cm³/mol. The SMILES string of the molecule is CC(C)[C@H]1COC(=O)N1c1ccnc(N[C@@H](C)c2ccc(CN3CCN(C)CC3)cc2)n1. The number of hydrogen-bond donors (Lipinski definition) is 1. The zero-order valence-corrected chi connectivity index (χ0v) is 19.5. The maximum absolute atomic E-state index is 12.3. The van der Waals surface area contributed by atoms with Gasteiger partial charge in [-0.25, -0.2) is 9.78 Å². The maximum Gasteiger partial charge on any atom is 0.415 e. The number of rotatable bonds is 7. The van der Waals surface area contributed by atoms with Crippen LogP contribution in [0, 0.1) is 5.92 Å². The van der Waals surface area contributed by atoms with E-state index in [9.17, 15) is 4.79 Å². The Balaban J connectivity index is 1.39. The van der Waals surface area contributed by atoms with Gasteiger partial charge >= 0.3 is 6.09 Å². The van der Waals surface area contributed by atoms with Gasteiger partial charge in [0.25, 0.3) is 0 Å². The Morgan fingerprint density at radius 2 is 1.81 bits per heavy atom. The van der Waals surface area contributed by atoms with Crippen molar-refractivity contribution in [2.45, 2.75) is 39.4 Å². The second kappa shape index (κ2) is 9.83. The Labute approximate surface area is 190 Å². The molecular weight excluding hydrogens is 404 g/mol. The van der Waals surface area contributed by atoms with Gasteiger partial charge in [0, 0.05) is 38.9 Å². The standard InChI is InChI=1S/C24H34N6O2/c1-17(2)21-16-32-24(31)30(21)22-9-10-25-23(27-22)26-18(3)20-7-5-19(6-8-20)15-29-13-11-28(4)12-14-29/h5-10,17-18,21H,11-16H2,1-4H3,(H,25,26,27)/t18-,21+/m0/s1. The second-order valence-electron chi connectivity index (χ2n) is 9.18. The quantitative estimate of drug-likeness (QED) is 0.710. The van der Waals surface area contributed by atoms with Gasteiger partial charge in [0.15, 0.2) is 0 Å². The van der Waals surface area contributed by atoms with Crippen molar-refractivity contribution in [2.75, 3.05) is 50.1 Å². The average Bonchev–Trinajstić information content (AvgIpc) is 3.18. The molecule has 8 nitrogen and oxygen atoms in total. The average molecular weight is 439 g/mol. The number of carbonyl (C=O) groups excluding carboxylic acids is 1. The van der Waals surface area contributed by atoms with E-state index in [0.29, 0.717) is 18.4 Å². The molecule has 0 saturated carbocycles. The third kappa shape index (κ3) is 5.19. The molecule has 2 fully saturated rings. The molecule has 0 aliphatic carbocycles. The normalized spacial score (nSPS) is 21.1. The van der Waals surface area contributed by atoms with Crippen LogP contribution in [0.5, 0.6) is 0 Å². The second-order valence-corrected chi connectivity index (χ2v) is 9.18. The minimum Gasteiger partial charge on any atom is -0.447 e. The number of benzene rings is 1. The molecule has 2 saturated heterocycles. The van der Waals surface area contributed by atoms with Crippen molar-refractivity contribution in [2.24, 2.45) is 5.92 Å². The van der Waals surface area contributed by atoms with E-state index >= 15 is 0 Å². The zero-order valence-electron chi connectivity index (χ0n) is 19.5. The lowest BCUT2D eigenvalue weighted by Gasteiger charge is -2.32. The van der Waals surface area contributed by atoms with Gasteiger partial charge in [0.2, 0.25) is 5.95 Å². The van der Waals surface area contributed by atoms with E-state index in [0.717, 1.165) is 32.7 Å².